The van der Waals surface area contributed by atoms with E-state index in [1.165, 1.54) is 31.3 Å². The molecule has 0 unspecified atom stereocenters. The normalized spacial score (nSPS) is 11.2. The van der Waals surface area contributed by atoms with E-state index in [4.69, 9.17) is 27.9 Å². The summed E-state index contributed by atoms with van der Waals surface area (Å²) >= 11 is 11.6. The van der Waals surface area contributed by atoms with Crippen molar-refractivity contribution in [3.63, 3.8) is 0 Å². The zero-order valence-electron chi connectivity index (χ0n) is 15.3. The fourth-order valence-corrected chi connectivity index (χ4v) is 4.28. The molecule has 0 saturated carbocycles. The van der Waals surface area contributed by atoms with Gasteiger partial charge in [-0.2, -0.15) is 0 Å². The average molecular weight is 470 g/mol. The monoisotopic (exact) mass is 469 g/mol. The highest BCUT2D eigenvalue weighted by Crippen LogP contribution is 2.32. The molecule has 0 heterocycles. The summed E-state index contributed by atoms with van der Waals surface area (Å²) in [7, 11) is -3.17. The van der Waals surface area contributed by atoms with E-state index in [2.05, 4.69) is 0 Å². The number of para-hydroxylation sites is 1. The van der Waals surface area contributed by atoms with E-state index in [9.17, 15) is 22.7 Å². The number of hydrogen-bond acceptors (Lipinski definition) is 4. The van der Waals surface area contributed by atoms with Gasteiger partial charge >= 0.3 is 5.97 Å². The first-order chi connectivity index (χ1) is 14.1. The van der Waals surface area contributed by atoms with E-state index in [0.717, 1.165) is 10.4 Å². The molecule has 6 nitrogen and oxygen atoms in total. The predicted molar refractivity (Wildman–Crippen MR) is 112 cm³/mol. The van der Waals surface area contributed by atoms with Gasteiger partial charge in [-0.05, 0) is 48.5 Å². The number of halogens is 3. The summed E-state index contributed by atoms with van der Waals surface area (Å²) in [5, 5.41) is 9.22. The Kier molecular flexibility index (Phi) is 6.21. The number of benzene rings is 3. The zero-order chi connectivity index (χ0) is 22.1. The van der Waals surface area contributed by atoms with Gasteiger partial charge in [0.1, 0.15) is 22.2 Å². The minimum atomic E-state index is -4.39. The number of carboxylic acid groups (broad SMARTS) is 1. The molecule has 0 aliphatic rings. The highest BCUT2D eigenvalue weighted by molar-refractivity contribution is 7.92. The van der Waals surface area contributed by atoms with Crippen LogP contribution < -0.4 is 9.04 Å². The molecule has 1 N–H and O–H groups in total. The molecule has 0 amide bonds. The second-order valence-corrected chi connectivity index (χ2v) is 8.82. The lowest BCUT2D eigenvalue weighted by molar-refractivity contribution is 0.0692. The molecule has 3 aromatic carbocycles. The van der Waals surface area contributed by atoms with Crippen molar-refractivity contribution in [1.29, 1.82) is 0 Å². The second kappa shape index (κ2) is 8.51. The van der Waals surface area contributed by atoms with Crippen LogP contribution in [0.5, 0.6) is 11.5 Å². The van der Waals surface area contributed by atoms with Crippen LogP contribution in [-0.2, 0) is 10.0 Å². The lowest BCUT2D eigenvalue weighted by Gasteiger charge is -2.21. The Hall–Kier alpha value is -2.81. The third-order valence-electron chi connectivity index (χ3n) is 4.16. The van der Waals surface area contributed by atoms with Crippen LogP contribution in [0, 0.1) is 5.82 Å². The van der Waals surface area contributed by atoms with E-state index in [0.29, 0.717) is 22.6 Å². The number of sulfonamides is 1. The van der Waals surface area contributed by atoms with Crippen LogP contribution in [0.15, 0.2) is 65.6 Å². The molecule has 30 heavy (non-hydrogen) atoms. The number of anilines is 1. The van der Waals surface area contributed by atoms with Crippen molar-refractivity contribution >= 4 is 44.9 Å². The van der Waals surface area contributed by atoms with Gasteiger partial charge in [0.05, 0.1) is 21.3 Å². The van der Waals surface area contributed by atoms with Crippen molar-refractivity contribution < 1.29 is 27.4 Å². The maximum Gasteiger partial charge on any atom is 0.337 e. The molecule has 0 bridgehead atoms. The summed E-state index contributed by atoms with van der Waals surface area (Å²) in [4.78, 5) is 10.7. The van der Waals surface area contributed by atoms with Crippen LogP contribution >= 0.6 is 23.2 Å². The number of rotatable bonds is 6. The number of aromatic carboxylic acids is 1. The maximum atomic E-state index is 13.9. The van der Waals surface area contributed by atoms with Gasteiger partial charge in [-0.3, -0.25) is 4.31 Å². The predicted octanol–water partition coefficient (Wildman–Crippen LogP) is 5.45. The Bertz CT molecular complexity index is 1220. The third-order valence-corrected chi connectivity index (χ3v) is 6.58. The van der Waals surface area contributed by atoms with Crippen molar-refractivity contribution in [3.05, 3.63) is 82.1 Å². The molecule has 0 saturated heterocycles. The Labute approximate surface area is 182 Å². The lowest BCUT2D eigenvalue weighted by Crippen LogP contribution is -2.28. The van der Waals surface area contributed by atoms with Gasteiger partial charge in [0.25, 0.3) is 10.0 Å². The fraction of sp³-hybridized carbons (Fsp3) is 0.0500. The maximum absolute atomic E-state index is 13.9. The van der Waals surface area contributed by atoms with E-state index in [1.54, 1.807) is 24.3 Å². The number of nitrogens with zero attached hydrogens (tertiary/aromatic N) is 1. The van der Waals surface area contributed by atoms with Crippen LogP contribution in [0.3, 0.4) is 0 Å². The largest absolute Gasteiger partial charge is 0.478 e. The first-order valence-electron chi connectivity index (χ1n) is 8.35. The Morgan fingerprint density at radius 3 is 2.27 bits per heavy atom. The minimum absolute atomic E-state index is 0.202. The highest BCUT2D eigenvalue weighted by atomic mass is 35.5. The summed E-state index contributed by atoms with van der Waals surface area (Å²) < 4.78 is 46.3. The molecular weight excluding hydrogens is 456 g/mol. The first kappa shape index (κ1) is 21.9. The molecule has 0 aliphatic carbocycles. The second-order valence-electron chi connectivity index (χ2n) is 6.07. The number of carboxylic acids is 1. The number of ether oxygens (including phenoxy) is 1. The van der Waals surface area contributed by atoms with Crippen LogP contribution in [0.4, 0.5) is 10.1 Å². The third kappa shape index (κ3) is 4.35. The smallest absolute Gasteiger partial charge is 0.337 e. The van der Waals surface area contributed by atoms with Gasteiger partial charge in [0.15, 0.2) is 0 Å². The molecule has 0 radical (unpaired) electrons. The van der Waals surface area contributed by atoms with Crippen LogP contribution in [0.1, 0.15) is 10.4 Å². The Morgan fingerprint density at radius 1 is 1.03 bits per heavy atom. The molecule has 0 aromatic heterocycles. The van der Waals surface area contributed by atoms with Crippen LogP contribution in [-0.4, -0.2) is 26.5 Å². The van der Waals surface area contributed by atoms with Gasteiger partial charge < -0.3 is 9.84 Å². The van der Waals surface area contributed by atoms with E-state index < -0.39 is 37.3 Å². The van der Waals surface area contributed by atoms with Crippen molar-refractivity contribution in [2.24, 2.45) is 0 Å². The average Bonchev–Trinajstić information content (AvgIpc) is 2.71. The van der Waals surface area contributed by atoms with Crippen molar-refractivity contribution in [1.82, 2.24) is 0 Å². The SMILES string of the molecule is CN(c1ccc(Oc2ccccc2Cl)cc1)S(=O)(=O)c1cc(F)c(Cl)cc1C(=O)O. The molecule has 3 rings (SSSR count). The fourth-order valence-electron chi connectivity index (χ4n) is 2.57. The standard InChI is InChI=1S/C20H14Cl2FNO5S/c1-24(30(27,28)19-11-17(23)16(22)10-14(19)20(25)26)12-6-8-13(9-7-12)29-18-5-3-2-4-15(18)21/h2-11H,1H3,(H,25,26). The molecule has 156 valence electrons. The lowest BCUT2D eigenvalue weighted by atomic mass is 10.2. The van der Waals surface area contributed by atoms with Crippen molar-refractivity contribution in [2.45, 2.75) is 4.90 Å². The summed E-state index contributed by atoms with van der Waals surface area (Å²) in [6.45, 7) is 0. The van der Waals surface area contributed by atoms with Gasteiger partial charge in [-0.25, -0.2) is 17.6 Å². The van der Waals surface area contributed by atoms with Gasteiger partial charge in [0.2, 0.25) is 0 Å². The molecule has 0 aliphatic heterocycles. The Morgan fingerprint density at radius 2 is 1.67 bits per heavy atom. The summed E-state index contributed by atoms with van der Waals surface area (Å²) in [5.74, 6) is -1.76. The quantitative estimate of drug-likeness (QED) is 0.518. The zero-order valence-corrected chi connectivity index (χ0v) is 17.7. The van der Waals surface area contributed by atoms with Gasteiger partial charge in [0, 0.05) is 7.05 Å². The molecular formula is C20H14Cl2FNO5S. The number of carbonyl (C=O) groups is 1. The van der Waals surface area contributed by atoms with Crippen LogP contribution in [0.2, 0.25) is 10.0 Å². The van der Waals surface area contributed by atoms with Gasteiger partial charge in [-0.15, -0.1) is 0 Å². The van der Waals surface area contributed by atoms with E-state index in [-0.39, 0.29) is 5.69 Å². The van der Waals surface area contributed by atoms with Crippen molar-refractivity contribution in [2.75, 3.05) is 11.4 Å². The molecule has 10 heteroatoms. The number of hydrogen-bond donors (Lipinski definition) is 1. The van der Waals surface area contributed by atoms with Gasteiger partial charge in [-0.1, -0.05) is 35.3 Å². The molecule has 3 aromatic rings. The topological polar surface area (TPSA) is 83.9 Å². The van der Waals surface area contributed by atoms with E-state index in [1.807, 2.05) is 0 Å². The first-order valence-corrected chi connectivity index (χ1v) is 10.5. The summed E-state index contributed by atoms with van der Waals surface area (Å²) in [5.41, 5.74) is -0.430. The van der Waals surface area contributed by atoms with Crippen molar-refractivity contribution in [3.8, 4) is 11.5 Å². The summed E-state index contributed by atoms with van der Waals surface area (Å²) in [6.07, 6.45) is 0. The molecule has 0 fully saturated rings. The Balaban J connectivity index is 1.93. The molecule has 0 atom stereocenters. The summed E-state index contributed by atoms with van der Waals surface area (Å²) in [6, 6.07) is 14.1. The minimum Gasteiger partial charge on any atom is -0.478 e. The highest BCUT2D eigenvalue weighted by Gasteiger charge is 2.29. The van der Waals surface area contributed by atoms with E-state index >= 15 is 0 Å². The molecule has 0 spiro atoms. The van der Waals surface area contributed by atoms with Crippen LogP contribution in [0.25, 0.3) is 0 Å².